The van der Waals surface area contributed by atoms with Crippen molar-refractivity contribution in [2.24, 2.45) is 0 Å². The zero-order chi connectivity index (χ0) is 24.6. The largest absolute Gasteiger partial charge is 0.573 e. The molecule has 3 heterocycles. The van der Waals surface area contributed by atoms with Gasteiger partial charge in [-0.05, 0) is 50.1 Å². The van der Waals surface area contributed by atoms with E-state index in [1.807, 2.05) is 19.1 Å². The molecule has 0 N–H and O–H groups in total. The highest BCUT2D eigenvalue weighted by atomic mass is 19.4. The van der Waals surface area contributed by atoms with Crippen molar-refractivity contribution in [3.63, 3.8) is 0 Å². The zero-order valence-corrected chi connectivity index (χ0v) is 18.6. The average Bonchev–Trinajstić information content (AvgIpc) is 3.59. The number of halogens is 3. The average molecular weight is 483 g/mol. The van der Waals surface area contributed by atoms with Gasteiger partial charge in [0.15, 0.2) is 0 Å². The highest BCUT2D eigenvalue weighted by molar-refractivity contribution is 5.98. The monoisotopic (exact) mass is 483 g/mol. The Balaban J connectivity index is 1.45. The lowest BCUT2D eigenvalue weighted by atomic mass is 10.1. The number of para-hydroxylation sites is 1. The summed E-state index contributed by atoms with van der Waals surface area (Å²) in [6, 6.07) is 12.4. The van der Waals surface area contributed by atoms with Gasteiger partial charge in [0.25, 0.3) is 5.91 Å². The number of likely N-dealkylation sites (tertiary alicyclic amines) is 1. The number of carbonyl (C=O) groups is 1. The number of hydrogen-bond donors (Lipinski definition) is 0. The van der Waals surface area contributed by atoms with Crippen molar-refractivity contribution >= 4 is 5.91 Å². The molecule has 0 aliphatic carbocycles. The second kappa shape index (κ2) is 8.90. The minimum atomic E-state index is -4.86. The molecule has 5 rings (SSSR count). The van der Waals surface area contributed by atoms with Crippen LogP contribution in [-0.2, 0) is 0 Å². The predicted octanol–water partition coefficient (Wildman–Crippen LogP) is 5.11. The number of rotatable bonds is 5. The Morgan fingerprint density at radius 3 is 2.77 bits per heavy atom. The fraction of sp³-hybridized carbons (Fsp3) is 0.250. The van der Waals surface area contributed by atoms with Crippen LogP contribution in [-0.4, -0.2) is 43.6 Å². The second-order valence-corrected chi connectivity index (χ2v) is 8.13. The molecule has 1 atom stereocenters. The molecular formula is C24H20F3N5O3. The molecule has 2 aromatic heterocycles. The Kier molecular flexibility index (Phi) is 5.75. The van der Waals surface area contributed by atoms with E-state index in [0.29, 0.717) is 30.6 Å². The predicted molar refractivity (Wildman–Crippen MR) is 118 cm³/mol. The molecular weight excluding hydrogens is 463 g/mol. The number of nitrogens with zero attached hydrogens (tertiary/aromatic N) is 5. The van der Waals surface area contributed by atoms with E-state index < -0.39 is 18.2 Å². The molecule has 0 spiro atoms. The van der Waals surface area contributed by atoms with Gasteiger partial charge in [-0.15, -0.1) is 13.2 Å². The van der Waals surface area contributed by atoms with Gasteiger partial charge in [0.1, 0.15) is 11.8 Å². The van der Waals surface area contributed by atoms with E-state index in [2.05, 4.69) is 20.0 Å². The highest BCUT2D eigenvalue weighted by Gasteiger charge is 2.36. The van der Waals surface area contributed by atoms with Crippen molar-refractivity contribution in [3.8, 4) is 22.8 Å². The van der Waals surface area contributed by atoms with Gasteiger partial charge in [0, 0.05) is 18.9 Å². The van der Waals surface area contributed by atoms with Gasteiger partial charge in [0.2, 0.25) is 11.7 Å². The van der Waals surface area contributed by atoms with Gasteiger partial charge < -0.3 is 14.2 Å². The molecule has 2 aromatic carbocycles. The topological polar surface area (TPSA) is 86.3 Å². The van der Waals surface area contributed by atoms with E-state index in [1.54, 1.807) is 40.2 Å². The molecule has 1 amide bonds. The zero-order valence-electron chi connectivity index (χ0n) is 18.6. The maximum Gasteiger partial charge on any atom is 0.573 e. The second-order valence-electron chi connectivity index (χ2n) is 8.13. The van der Waals surface area contributed by atoms with E-state index >= 15 is 0 Å². The maximum atomic E-state index is 13.6. The molecule has 0 bridgehead atoms. The number of amides is 1. The number of benzene rings is 2. The van der Waals surface area contributed by atoms with Gasteiger partial charge in [0.05, 0.1) is 16.8 Å². The van der Waals surface area contributed by atoms with Crippen LogP contribution in [0.2, 0.25) is 0 Å². The van der Waals surface area contributed by atoms with Crippen molar-refractivity contribution in [2.75, 3.05) is 6.54 Å². The first-order valence-electron chi connectivity index (χ1n) is 10.9. The minimum absolute atomic E-state index is 0.0374. The smallest absolute Gasteiger partial charge is 0.405 e. The quantitative estimate of drug-likeness (QED) is 0.392. The van der Waals surface area contributed by atoms with E-state index in [-0.39, 0.29) is 23.2 Å². The van der Waals surface area contributed by atoms with Crippen LogP contribution >= 0.6 is 0 Å². The van der Waals surface area contributed by atoms with Gasteiger partial charge in [-0.3, -0.25) is 4.79 Å². The van der Waals surface area contributed by atoms with E-state index in [0.717, 1.165) is 5.56 Å². The van der Waals surface area contributed by atoms with Crippen LogP contribution in [0.4, 0.5) is 13.2 Å². The summed E-state index contributed by atoms with van der Waals surface area (Å²) in [5, 5.41) is 8.12. The van der Waals surface area contributed by atoms with Crippen molar-refractivity contribution in [2.45, 2.75) is 32.2 Å². The summed E-state index contributed by atoms with van der Waals surface area (Å²) in [7, 11) is 0. The summed E-state index contributed by atoms with van der Waals surface area (Å²) in [6.07, 6.45) is -0.181. The minimum Gasteiger partial charge on any atom is -0.405 e. The Bertz CT molecular complexity index is 1350. The van der Waals surface area contributed by atoms with E-state index in [9.17, 15) is 18.0 Å². The van der Waals surface area contributed by atoms with Crippen molar-refractivity contribution in [3.05, 3.63) is 77.9 Å². The molecule has 1 unspecified atom stereocenters. The summed E-state index contributed by atoms with van der Waals surface area (Å²) in [4.78, 5) is 19.6. The molecule has 1 saturated heterocycles. The lowest BCUT2D eigenvalue weighted by Gasteiger charge is -2.23. The third kappa shape index (κ3) is 4.61. The lowest BCUT2D eigenvalue weighted by molar-refractivity contribution is -0.274. The van der Waals surface area contributed by atoms with Gasteiger partial charge >= 0.3 is 6.36 Å². The molecule has 1 fully saturated rings. The Hall–Kier alpha value is -4.15. The molecule has 0 saturated carbocycles. The van der Waals surface area contributed by atoms with Crippen LogP contribution in [0.15, 0.2) is 65.4 Å². The maximum absolute atomic E-state index is 13.6. The number of ether oxygens (including phenoxy) is 1. The Morgan fingerprint density at radius 2 is 2.00 bits per heavy atom. The van der Waals surface area contributed by atoms with Crippen LogP contribution in [0.3, 0.4) is 0 Å². The first-order chi connectivity index (χ1) is 16.8. The fourth-order valence-electron chi connectivity index (χ4n) is 4.20. The number of carbonyl (C=O) groups excluding carboxylic acids is 1. The van der Waals surface area contributed by atoms with Gasteiger partial charge in [-0.2, -0.15) is 10.1 Å². The molecule has 11 heteroatoms. The van der Waals surface area contributed by atoms with Crippen molar-refractivity contribution in [1.82, 2.24) is 24.8 Å². The van der Waals surface area contributed by atoms with Crippen molar-refractivity contribution < 1.29 is 27.2 Å². The number of alkyl halides is 3. The van der Waals surface area contributed by atoms with Gasteiger partial charge in [-0.1, -0.05) is 28.9 Å². The first-order valence-corrected chi connectivity index (χ1v) is 10.9. The Morgan fingerprint density at radius 1 is 1.17 bits per heavy atom. The number of aromatic nitrogens is 4. The number of hydrogen-bond acceptors (Lipinski definition) is 6. The van der Waals surface area contributed by atoms with Gasteiger partial charge in [-0.25, -0.2) is 4.68 Å². The lowest BCUT2D eigenvalue weighted by Crippen LogP contribution is -2.31. The highest BCUT2D eigenvalue weighted by Crippen LogP contribution is 2.36. The summed E-state index contributed by atoms with van der Waals surface area (Å²) in [6.45, 7) is 2.37. The standard InChI is InChI=1S/C24H20F3N5O3/c1-15-9-10-18(32-13-5-11-28-32)17(14-15)23(33)31-12-4-7-19(31)22-29-21(30-35-22)16-6-2-3-8-20(16)34-24(25,26)27/h2-3,5-6,8-11,13-14,19H,4,7,12H2,1H3. The third-order valence-electron chi connectivity index (χ3n) is 5.73. The van der Waals surface area contributed by atoms with E-state index in [1.165, 1.54) is 18.2 Å². The summed E-state index contributed by atoms with van der Waals surface area (Å²) in [5.41, 5.74) is 2.07. The Labute approximate surface area is 197 Å². The third-order valence-corrected chi connectivity index (χ3v) is 5.73. The summed E-state index contributed by atoms with van der Waals surface area (Å²) >= 11 is 0. The number of aryl methyl sites for hydroxylation is 1. The molecule has 1 aliphatic rings. The molecule has 1 aliphatic heterocycles. The fourth-order valence-corrected chi connectivity index (χ4v) is 4.20. The van der Waals surface area contributed by atoms with Crippen LogP contribution in [0.25, 0.3) is 17.1 Å². The SMILES string of the molecule is Cc1ccc(-n2cccn2)c(C(=O)N2CCCC2c2nc(-c3ccccc3OC(F)(F)F)no2)c1. The van der Waals surface area contributed by atoms with Crippen molar-refractivity contribution in [1.29, 1.82) is 0 Å². The molecule has 35 heavy (non-hydrogen) atoms. The first kappa shape index (κ1) is 22.6. The van der Waals surface area contributed by atoms with Crippen LogP contribution in [0, 0.1) is 6.92 Å². The van der Waals surface area contributed by atoms with Crippen LogP contribution < -0.4 is 4.74 Å². The van der Waals surface area contributed by atoms with Crippen LogP contribution in [0.1, 0.15) is 40.7 Å². The summed E-state index contributed by atoms with van der Waals surface area (Å²) in [5.74, 6) is -0.550. The summed E-state index contributed by atoms with van der Waals surface area (Å²) < 4.78 is 49.6. The molecule has 4 aromatic rings. The molecule has 8 nitrogen and oxygen atoms in total. The molecule has 180 valence electrons. The van der Waals surface area contributed by atoms with Crippen LogP contribution in [0.5, 0.6) is 5.75 Å². The normalized spacial score (nSPS) is 16.0. The molecule has 0 radical (unpaired) electrons. The van der Waals surface area contributed by atoms with E-state index in [4.69, 9.17) is 4.52 Å².